The molecular weight excluding hydrogens is 799 g/mol. The molecule has 9 aromatic carbocycles. The first-order chi connectivity index (χ1) is 32.2. The molecule has 0 aliphatic carbocycles. The highest BCUT2D eigenvalue weighted by molar-refractivity contribution is 6.15. The van der Waals surface area contributed by atoms with E-state index in [-0.39, 0.29) is 0 Å². The predicted octanol–water partition coefficient (Wildman–Crippen LogP) is 15.0. The monoisotopic (exact) mass is 833 g/mol. The van der Waals surface area contributed by atoms with Gasteiger partial charge in [-0.1, -0.05) is 152 Å². The quantitative estimate of drug-likeness (QED) is 0.159. The van der Waals surface area contributed by atoms with Crippen LogP contribution in [-0.4, -0.2) is 24.5 Å². The summed E-state index contributed by atoms with van der Waals surface area (Å²) in [4.78, 5) is 19.6. The maximum Gasteiger partial charge on any atom is 0.227 e. The van der Waals surface area contributed by atoms with Gasteiger partial charge in [0.2, 0.25) is 5.89 Å². The fourth-order valence-corrected chi connectivity index (χ4v) is 9.19. The molecule has 7 nitrogen and oxygen atoms in total. The summed E-state index contributed by atoms with van der Waals surface area (Å²) in [6.07, 6.45) is 0. The molecule has 0 aliphatic heterocycles. The van der Waals surface area contributed by atoms with Crippen molar-refractivity contribution in [2.45, 2.75) is 0 Å². The minimum atomic E-state index is 0.539. The van der Waals surface area contributed by atoms with Crippen molar-refractivity contribution in [1.29, 1.82) is 0 Å². The Morgan fingerprint density at radius 1 is 0.323 bits per heavy atom. The minimum absolute atomic E-state index is 0.539. The third-order valence-electron chi connectivity index (χ3n) is 12.3. The molecule has 0 unspecified atom stereocenters. The second kappa shape index (κ2) is 14.9. The Balaban J connectivity index is 0.854. The van der Waals surface area contributed by atoms with Crippen LogP contribution >= 0.6 is 0 Å². The molecule has 0 fully saturated rings. The molecule has 13 aromatic rings. The van der Waals surface area contributed by atoms with E-state index in [0.29, 0.717) is 28.9 Å². The summed E-state index contributed by atoms with van der Waals surface area (Å²) in [7, 11) is 0. The van der Waals surface area contributed by atoms with Crippen molar-refractivity contribution in [3.63, 3.8) is 0 Å². The van der Waals surface area contributed by atoms with Crippen LogP contribution < -0.4 is 0 Å². The van der Waals surface area contributed by atoms with Gasteiger partial charge in [-0.3, -0.25) is 0 Å². The minimum Gasteiger partial charge on any atom is -0.455 e. The van der Waals surface area contributed by atoms with Gasteiger partial charge in [-0.25, -0.2) is 19.9 Å². The molecular formula is C58H35N5O2. The Hall–Kier alpha value is -8.94. The van der Waals surface area contributed by atoms with Crippen LogP contribution in [0.3, 0.4) is 0 Å². The molecule has 4 heterocycles. The normalized spacial score (nSPS) is 11.7. The third kappa shape index (κ3) is 6.20. The summed E-state index contributed by atoms with van der Waals surface area (Å²) < 4.78 is 15.6. The van der Waals surface area contributed by atoms with Gasteiger partial charge in [-0.05, 0) is 71.8 Å². The van der Waals surface area contributed by atoms with Gasteiger partial charge in [0, 0.05) is 60.6 Å². The molecule has 0 atom stereocenters. The van der Waals surface area contributed by atoms with Crippen molar-refractivity contribution < 1.29 is 8.83 Å². The number of nitrogens with zero attached hydrogens (tertiary/aromatic N) is 5. The molecule has 304 valence electrons. The Morgan fingerprint density at radius 3 is 1.51 bits per heavy atom. The zero-order chi connectivity index (χ0) is 42.8. The summed E-state index contributed by atoms with van der Waals surface area (Å²) in [5.41, 5.74) is 14.4. The maximum atomic E-state index is 6.80. The topological polar surface area (TPSA) is 82.8 Å². The first-order valence-electron chi connectivity index (χ1n) is 21.6. The fourth-order valence-electron chi connectivity index (χ4n) is 9.19. The predicted molar refractivity (Wildman–Crippen MR) is 262 cm³/mol. The second-order valence-electron chi connectivity index (χ2n) is 16.2. The zero-order valence-electron chi connectivity index (χ0n) is 34.8. The lowest BCUT2D eigenvalue weighted by Crippen LogP contribution is -2.00. The van der Waals surface area contributed by atoms with Gasteiger partial charge in [0.1, 0.15) is 16.7 Å². The highest BCUT2D eigenvalue weighted by Crippen LogP contribution is 2.42. The summed E-state index contributed by atoms with van der Waals surface area (Å²) in [6.45, 7) is 0. The number of hydrogen-bond acceptors (Lipinski definition) is 6. The van der Waals surface area contributed by atoms with Gasteiger partial charge < -0.3 is 13.4 Å². The first-order valence-corrected chi connectivity index (χ1v) is 21.6. The van der Waals surface area contributed by atoms with E-state index in [1.165, 1.54) is 10.8 Å². The molecule has 0 amide bonds. The van der Waals surface area contributed by atoms with Crippen LogP contribution in [0.5, 0.6) is 0 Å². The Morgan fingerprint density at radius 2 is 0.846 bits per heavy atom. The summed E-state index contributed by atoms with van der Waals surface area (Å²) in [6, 6.07) is 72.9. The molecule has 0 saturated carbocycles. The van der Waals surface area contributed by atoms with Crippen molar-refractivity contribution in [2.24, 2.45) is 0 Å². The molecule has 0 saturated heterocycles. The van der Waals surface area contributed by atoms with E-state index in [1.54, 1.807) is 0 Å². The number of aromatic nitrogens is 5. The lowest BCUT2D eigenvalue weighted by Gasteiger charge is -2.09. The van der Waals surface area contributed by atoms with Gasteiger partial charge >= 0.3 is 0 Å². The van der Waals surface area contributed by atoms with Crippen molar-refractivity contribution in [3.05, 3.63) is 212 Å². The van der Waals surface area contributed by atoms with Crippen molar-refractivity contribution >= 4 is 54.8 Å². The number of oxazole rings is 1. The molecule has 0 aliphatic rings. The van der Waals surface area contributed by atoms with Crippen LogP contribution in [0.4, 0.5) is 0 Å². The smallest absolute Gasteiger partial charge is 0.227 e. The van der Waals surface area contributed by atoms with Crippen LogP contribution in [0.2, 0.25) is 0 Å². The Kier molecular flexibility index (Phi) is 8.39. The average molecular weight is 834 g/mol. The van der Waals surface area contributed by atoms with Crippen molar-refractivity contribution in [2.75, 3.05) is 0 Å². The molecule has 13 rings (SSSR count). The molecule has 0 radical (unpaired) electrons. The average Bonchev–Trinajstić information content (AvgIpc) is 4.09. The van der Waals surface area contributed by atoms with E-state index < -0.39 is 0 Å². The van der Waals surface area contributed by atoms with Crippen molar-refractivity contribution in [1.82, 2.24) is 24.5 Å². The van der Waals surface area contributed by atoms with Gasteiger partial charge in [0.25, 0.3) is 0 Å². The van der Waals surface area contributed by atoms with E-state index in [2.05, 4.69) is 132 Å². The number of para-hydroxylation sites is 3. The van der Waals surface area contributed by atoms with Gasteiger partial charge in [-0.15, -0.1) is 0 Å². The van der Waals surface area contributed by atoms with Crippen LogP contribution in [-0.2, 0) is 0 Å². The Bertz CT molecular complexity index is 3870. The molecule has 7 heteroatoms. The number of benzene rings is 9. The first kappa shape index (κ1) is 36.7. The highest BCUT2D eigenvalue weighted by Gasteiger charge is 2.19. The lowest BCUT2D eigenvalue weighted by atomic mass is 9.99. The van der Waals surface area contributed by atoms with Crippen LogP contribution in [0, 0.1) is 0 Å². The van der Waals surface area contributed by atoms with E-state index >= 15 is 0 Å². The second-order valence-corrected chi connectivity index (χ2v) is 16.2. The molecule has 4 aromatic heterocycles. The van der Waals surface area contributed by atoms with E-state index in [9.17, 15) is 0 Å². The number of furan rings is 1. The summed E-state index contributed by atoms with van der Waals surface area (Å²) >= 11 is 0. The molecule has 0 bridgehead atoms. The van der Waals surface area contributed by atoms with E-state index in [0.717, 1.165) is 88.7 Å². The van der Waals surface area contributed by atoms with Gasteiger partial charge in [0.15, 0.2) is 23.1 Å². The molecule has 65 heavy (non-hydrogen) atoms. The van der Waals surface area contributed by atoms with E-state index in [4.69, 9.17) is 28.8 Å². The van der Waals surface area contributed by atoms with Crippen molar-refractivity contribution in [3.8, 4) is 73.6 Å². The van der Waals surface area contributed by atoms with Gasteiger partial charge in [-0.2, -0.15) is 0 Å². The van der Waals surface area contributed by atoms with E-state index in [1.807, 2.05) is 84.9 Å². The zero-order valence-corrected chi connectivity index (χ0v) is 34.8. The SMILES string of the molecule is c1ccc(-c2nc(-c3ccccc3)nc(-c3ccc4nc(-c5ccc(-n6c7ccccc7c7cc(-c8cccc9c8oc8c(-c%10ccccc%10)cccc89)ccc76)cc5)oc4c3)n2)cc1. The standard InChI is InChI=1S/C58H35N5O2/c1-4-14-36(15-5-1)43-21-12-23-46-47-24-13-22-44(54(47)65-53(43)46)40-29-33-51-48(34-40)45-20-10-11-25-50(45)63(51)42-30-26-39(27-31-42)58-59-49-32-28-41(35-52(49)64-58)57-61-55(37-16-6-2-7-17-37)60-56(62-57)38-18-8-3-9-19-38/h1-35H. The van der Waals surface area contributed by atoms with Crippen LogP contribution in [0.1, 0.15) is 0 Å². The molecule has 0 N–H and O–H groups in total. The number of rotatable bonds is 7. The Labute approximate surface area is 372 Å². The highest BCUT2D eigenvalue weighted by atomic mass is 16.3. The van der Waals surface area contributed by atoms with Crippen LogP contribution in [0.15, 0.2) is 221 Å². The van der Waals surface area contributed by atoms with Gasteiger partial charge in [0.05, 0.1) is 11.0 Å². The number of hydrogen-bond donors (Lipinski definition) is 0. The largest absolute Gasteiger partial charge is 0.455 e. The summed E-state index contributed by atoms with van der Waals surface area (Å²) in [5.74, 6) is 2.31. The summed E-state index contributed by atoms with van der Waals surface area (Å²) in [5, 5.41) is 4.56. The molecule has 0 spiro atoms. The number of fused-ring (bicyclic) bond motifs is 7. The maximum absolute atomic E-state index is 6.80. The third-order valence-corrected chi connectivity index (χ3v) is 12.3. The fraction of sp³-hybridized carbons (Fsp3) is 0. The van der Waals surface area contributed by atoms with Crippen LogP contribution in [0.25, 0.3) is 128 Å². The lowest BCUT2D eigenvalue weighted by molar-refractivity contribution is 0.620.